The summed E-state index contributed by atoms with van der Waals surface area (Å²) in [6, 6.07) is 15.4. The van der Waals surface area contributed by atoms with E-state index in [2.05, 4.69) is 12.2 Å². The standard InChI is InChI=1S/C20H27NO4/c1-3-17(13-22)21-12-15-9-10-19(20(11-15)24-2)25-14-18(23)16-7-5-4-6-8-16/h4-11,17-18,21-23H,3,12-14H2,1-2H3/p+1/t17-,18+/m1/s1. The molecule has 0 spiro atoms. The highest BCUT2D eigenvalue weighted by molar-refractivity contribution is 5.42. The molecule has 0 aliphatic carbocycles. The number of aliphatic hydroxyl groups is 2. The fourth-order valence-corrected chi connectivity index (χ4v) is 2.57. The van der Waals surface area contributed by atoms with E-state index in [-0.39, 0.29) is 19.3 Å². The van der Waals surface area contributed by atoms with E-state index >= 15 is 0 Å². The molecule has 0 aromatic heterocycles. The van der Waals surface area contributed by atoms with Crippen LogP contribution >= 0.6 is 0 Å². The van der Waals surface area contributed by atoms with Crippen molar-refractivity contribution >= 4 is 0 Å². The zero-order chi connectivity index (χ0) is 18.1. The predicted octanol–water partition coefficient (Wildman–Crippen LogP) is 1.64. The van der Waals surface area contributed by atoms with Gasteiger partial charge in [-0.2, -0.15) is 0 Å². The van der Waals surface area contributed by atoms with Crippen LogP contribution in [0.15, 0.2) is 48.5 Å². The Kier molecular flexibility index (Phi) is 7.73. The van der Waals surface area contributed by atoms with Crippen molar-refractivity contribution in [2.24, 2.45) is 0 Å². The van der Waals surface area contributed by atoms with Gasteiger partial charge in [0, 0.05) is 5.56 Å². The monoisotopic (exact) mass is 346 g/mol. The molecule has 5 nitrogen and oxygen atoms in total. The van der Waals surface area contributed by atoms with Crippen molar-refractivity contribution in [3.63, 3.8) is 0 Å². The van der Waals surface area contributed by atoms with Gasteiger partial charge >= 0.3 is 0 Å². The lowest BCUT2D eigenvalue weighted by Crippen LogP contribution is -2.89. The summed E-state index contributed by atoms with van der Waals surface area (Å²) >= 11 is 0. The number of benzene rings is 2. The van der Waals surface area contributed by atoms with Gasteiger partial charge in [-0.15, -0.1) is 0 Å². The lowest BCUT2D eigenvalue weighted by atomic mass is 10.1. The third-order valence-corrected chi connectivity index (χ3v) is 4.25. The van der Waals surface area contributed by atoms with Gasteiger partial charge in [0.15, 0.2) is 11.5 Å². The summed E-state index contributed by atoms with van der Waals surface area (Å²) < 4.78 is 11.2. The minimum absolute atomic E-state index is 0.161. The summed E-state index contributed by atoms with van der Waals surface area (Å²) in [7, 11) is 1.60. The zero-order valence-corrected chi connectivity index (χ0v) is 14.9. The molecule has 4 N–H and O–H groups in total. The van der Waals surface area contributed by atoms with Crippen LogP contribution in [0.2, 0.25) is 0 Å². The number of hydrogen-bond donors (Lipinski definition) is 3. The Bertz CT molecular complexity index is 629. The Morgan fingerprint density at radius 2 is 1.84 bits per heavy atom. The third kappa shape index (κ3) is 5.74. The highest BCUT2D eigenvalue weighted by Gasteiger charge is 2.13. The van der Waals surface area contributed by atoms with Crippen LogP contribution in [0.4, 0.5) is 0 Å². The first-order chi connectivity index (χ1) is 12.2. The third-order valence-electron chi connectivity index (χ3n) is 4.25. The molecule has 0 aliphatic heterocycles. The van der Waals surface area contributed by atoms with E-state index in [9.17, 15) is 10.2 Å². The van der Waals surface area contributed by atoms with Crippen LogP contribution in [-0.2, 0) is 6.54 Å². The first kappa shape index (κ1) is 19.2. The molecule has 0 saturated heterocycles. The summed E-state index contributed by atoms with van der Waals surface area (Å²) in [5.74, 6) is 1.25. The summed E-state index contributed by atoms with van der Waals surface area (Å²) in [4.78, 5) is 0. The molecule has 0 saturated carbocycles. The van der Waals surface area contributed by atoms with Gasteiger partial charge in [0.05, 0.1) is 13.7 Å². The van der Waals surface area contributed by atoms with Gasteiger partial charge in [-0.25, -0.2) is 0 Å². The molecule has 0 amide bonds. The summed E-state index contributed by atoms with van der Waals surface area (Å²) in [5.41, 5.74) is 1.92. The molecule has 2 rings (SSSR count). The maximum Gasteiger partial charge on any atom is 0.161 e. The normalized spacial score (nSPS) is 13.3. The summed E-state index contributed by atoms with van der Waals surface area (Å²) in [6.07, 6.45) is 0.237. The molecule has 0 heterocycles. The van der Waals surface area contributed by atoms with Gasteiger partial charge in [-0.3, -0.25) is 0 Å². The molecule has 0 radical (unpaired) electrons. The second-order valence-corrected chi connectivity index (χ2v) is 6.01. The van der Waals surface area contributed by atoms with Crippen LogP contribution in [0.1, 0.15) is 30.6 Å². The van der Waals surface area contributed by atoms with Crippen molar-refractivity contribution in [2.45, 2.75) is 32.0 Å². The predicted molar refractivity (Wildman–Crippen MR) is 96.7 cm³/mol. The van der Waals surface area contributed by atoms with Crippen LogP contribution < -0.4 is 14.8 Å². The Hall–Kier alpha value is -2.08. The molecule has 0 fully saturated rings. The molecule has 0 aliphatic rings. The number of methoxy groups -OCH3 is 1. The van der Waals surface area contributed by atoms with Gasteiger partial charge in [0.1, 0.15) is 25.3 Å². The smallest absolute Gasteiger partial charge is 0.161 e. The second kappa shape index (κ2) is 10.0. The molecular formula is C20H28NO4+. The van der Waals surface area contributed by atoms with E-state index < -0.39 is 6.10 Å². The van der Waals surface area contributed by atoms with Crippen molar-refractivity contribution in [1.82, 2.24) is 0 Å². The van der Waals surface area contributed by atoms with Crippen molar-refractivity contribution in [2.75, 3.05) is 20.3 Å². The molecular weight excluding hydrogens is 318 g/mol. The van der Waals surface area contributed by atoms with Crippen LogP contribution in [-0.4, -0.2) is 36.6 Å². The number of nitrogens with two attached hydrogens (primary N) is 1. The van der Waals surface area contributed by atoms with E-state index in [0.717, 1.165) is 24.1 Å². The number of rotatable bonds is 10. The van der Waals surface area contributed by atoms with Crippen LogP contribution in [0.5, 0.6) is 11.5 Å². The van der Waals surface area contributed by atoms with Gasteiger partial charge < -0.3 is 25.0 Å². The molecule has 136 valence electrons. The molecule has 2 aromatic rings. The minimum atomic E-state index is -0.686. The van der Waals surface area contributed by atoms with E-state index in [0.29, 0.717) is 11.5 Å². The summed E-state index contributed by atoms with van der Waals surface area (Å²) in [6.45, 7) is 3.16. The van der Waals surface area contributed by atoms with Crippen LogP contribution in [0, 0.1) is 0 Å². The second-order valence-electron chi connectivity index (χ2n) is 6.01. The summed E-state index contributed by atoms with van der Waals surface area (Å²) in [5, 5.41) is 21.6. The lowest BCUT2D eigenvalue weighted by molar-refractivity contribution is -0.706. The lowest BCUT2D eigenvalue weighted by Gasteiger charge is -2.16. The minimum Gasteiger partial charge on any atom is -0.493 e. The average molecular weight is 346 g/mol. The average Bonchev–Trinajstić information content (AvgIpc) is 2.67. The Balaban J connectivity index is 1.96. The first-order valence-corrected chi connectivity index (χ1v) is 8.64. The topological polar surface area (TPSA) is 75.5 Å². The molecule has 2 atom stereocenters. The van der Waals surface area contributed by atoms with Crippen LogP contribution in [0.3, 0.4) is 0 Å². The zero-order valence-electron chi connectivity index (χ0n) is 14.9. The van der Waals surface area contributed by atoms with E-state index in [4.69, 9.17) is 9.47 Å². The molecule has 2 aromatic carbocycles. The van der Waals surface area contributed by atoms with Crippen molar-refractivity contribution in [3.8, 4) is 11.5 Å². The van der Waals surface area contributed by atoms with Gasteiger partial charge in [0.2, 0.25) is 0 Å². The van der Waals surface area contributed by atoms with E-state index in [1.54, 1.807) is 7.11 Å². The van der Waals surface area contributed by atoms with Gasteiger partial charge in [0.25, 0.3) is 0 Å². The number of ether oxygens (including phenoxy) is 2. The molecule has 0 bridgehead atoms. The van der Waals surface area contributed by atoms with Gasteiger partial charge in [-0.05, 0) is 30.2 Å². The largest absolute Gasteiger partial charge is 0.493 e. The molecule has 25 heavy (non-hydrogen) atoms. The SMILES string of the molecule is CC[C@H](CO)[NH2+]Cc1ccc(OC[C@H](O)c2ccccc2)c(OC)c1. The first-order valence-electron chi connectivity index (χ1n) is 8.64. The Morgan fingerprint density at radius 1 is 1.08 bits per heavy atom. The fourth-order valence-electron chi connectivity index (χ4n) is 2.57. The quantitative estimate of drug-likeness (QED) is 0.611. The highest BCUT2D eigenvalue weighted by atomic mass is 16.5. The van der Waals surface area contributed by atoms with Crippen molar-refractivity contribution in [1.29, 1.82) is 0 Å². The maximum absolute atomic E-state index is 10.2. The highest BCUT2D eigenvalue weighted by Crippen LogP contribution is 2.29. The number of hydrogen-bond acceptors (Lipinski definition) is 4. The Morgan fingerprint density at radius 3 is 2.48 bits per heavy atom. The maximum atomic E-state index is 10.2. The molecule has 0 unspecified atom stereocenters. The van der Waals surface area contributed by atoms with E-state index in [1.165, 1.54) is 0 Å². The van der Waals surface area contributed by atoms with E-state index in [1.807, 2.05) is 48.5 Å². The van der Waals surface area contributed by atoms with Crippen LogP contribution in [0.25, 0.3) is 0 Å². The number of aliphatic hydroxyl groups excluding tert-OH is 2. The number of quaternary nitrogens is 1. The molecule has 5 heteroatoms. The van der Waals surface area contributed by atoms with Crippen molar-refractivity contribution in [3.05, 3.63) is 59.7 Å². The van der Waals surface area contributed by atoms with Gasteiger partial charge in [-0.1, -0.05) is 37.3 Å². The fraction of sp³-hybridized carbons (Fsp3) is 0.400. The Labute approximate surface area is 149 Å². The van der Waals surface area contributed by atoms with Crippen molar-refractivity contribution < 1.29 is 25.0 Å².